The van der Waals surface area contributed by atoms with Crippen molar-refractivity contribution in [2.75, 3.05) is 13.7 Å². The highest BCUT2D eigenvalue weighted by atomic mass is 16.6. The molecule has 1 saturated heterocycles. The summed E-state index contributed by atoms with van der Waals surface area (Å²) in [6.45, 7) is 5.94. The molecule has 0 aromatic carbocycles. The van der Waals surface area contributed by atoms with E-state index < -0.39 is 5.60 Å². The molecule has 0 radical (unpaired) electrons. The Morgan fingerprint density at radius 1 is 1.25 bits per heavy atom. The molecular formula is C11H19NO4. The van der Waals surface area contributed by atoms with Crippen LogP contribution >= 0.6 is 0 Å². The van der Waals surface area contributed by atoms with Crippen LogP contribution < -0.4 is 5.32 Å². The molecule has 1 N–H and O–H groups in total. The van der Waals surface area contributed by atoms with Gasteiger partial charge in [0.25, 0.3) is 0 Å². The number of nitrogens with one attached hydrogen (secondary N) is 1. The Hall–Kier alpha value is -1.10. The molecule has 1 aliphatic heterocycles. The van der Waals surface area contributed by atoms with Crippen LogP contribution in [0.2, 0.25) is 0 Å². The first kappa shape index (κ1) is 13.0. The van der Waals surface area contributed by atoms with E-state index in [0.717, 1.165) is 0 Å². The van der Waals surface area contributed by atoms with Crippen LogP contribution in [0.3, 0.4) is 0 Å². The second-order valence-corrected chi connectivity index (χ2v) is 4.95. The zero-order valence-electron chi connectivity index (χ0n) is 10.2. The van der Waals surface area contributed by atoms with Gasteiger partial charge < -0.3 is 14.8 Å². The number of ether oxygens (including phenoxy) is 2. The van der Waals surface area contributed by atoms with Crippen LogP contribution in [-0.2, 0) is 19.1 Å². The molecule has 2 unspecified atom stereocenters. The quantitative estimate of drug-likeness (QED) is 0.698. The number of carbonyl (C=O) groups is 2. The van der Waals surface area contributed by atoms with E-state index >= 15 is 0 Å². The zero-order chi connectivity index (χ0) is 12.3. The van der Waals surface area contributed by atoms with Crippen LogP contribution in [0.5, 0.6) is 0 Å². The van der Waals surface area contributed by atoms with Gasteiger partial charge in [-0.15, -0.1) is 0 Å². The maximum absolute atomic E-state index is 11.7. The third-order valence-corrected chi connectivity index (χ3v) is 2.36. The molecule has 0 aliphatic carbocycles. The Balaban J connectivity index is 2.47. The molecule has 2 atom stereocenters. The number of carbonyl (C=O) groups excluding carboxylic acids is 2. The van der Waals surface area contributed by atoms with E-state index in [4.69, 9.17) is 4.74 Å². The van der Waals surface area contributed by atoms with Gasteiger partial charge in [0.2, 0.25) is 0 Å². The van der Waals surface area contributed by atoms with Crippen molar-refractivity contribution >= 4 is 11.9 Å². The van der Waals surface area contributed by atoms with Crippen molar-refractivity contribution in [1.82, 2.24) is 5.32 Å². The summed E-state index contributed by atoms with van der Waals surface area (Å²) in [5.74, 6) is -0.846. The SMILES string of the molecule is COC(=O)C1CC(C(=O)OC(C)(C)C)CN1. The van der Waals surface area contributed by atoms with Crippen LogP contribution in [-0.4, -0.2) is 37.2 Å². The molecule has 1 fully saturated rings. The Kier molecular flexibility index (Phi) is 3.91. The summed E-state index contributed by atoms with van der Waals surface area (Å²) in [6.07, 6.45) is 0.446. The summed E-state index contributed by atoms with van der Waals surface area (Å²) < 4.78 is 9.86. The fraction of sp³-hybridized carbons (Fsp3) is 0.818. The summed E-state index contributed by atoms with van der Waals surface area (Å²) in [4.78, 5) is 22.9. The molecule has 0 spiro atoms. The number of rotatable bonds is 2. The lowest BCUT2D eigenvalue weighted by atomic mass is 10.1. The van der Waals surface area contributed by atoms with Gasteiger partial charge in [-0.25, -0.2) is 0 Å². The van der Waals surface area contributed by atoms with Crippen LogP contribution in [0.25, 0.3) is 0 Å². The molecular weight excluding hydrogens is 210 g/mol. The van der Waals surface area contributed by atoms with E-state index in [1.807, 2.05) is 20.8 Å². The first-order valence-electron chi connectivity index (χ1n) is 5.37. The predicted molar refractivity (Wildman–Crippen MR) is 57.8 cm³/mol. The minimum atomic E-state index is -0.486. The average Bonchev–Trinajstić information content (AvgIpc) is 2.62. The van der Waals surface area contributed by atoms with Crippen molar-refractivity contribution in [3.05, 3.63) is 0 Å². The molecule has 1 aliphatic rings. The van der Waals surface area contributed by atoms with Crippen molar-refractivity contribution < 1.29 is 19.1 Å². The number of hydrogen-bond donors (Lipinski definition) is 1. The minimum Gasteiger partial charge on any atom is -0.468 e. The van der Waals surface area contributed by atoms with E-state index in [1.165, 1.54) is 7.11 Å². The minimum absolute atomic E-state index is 0.258. The van der Waals surface area contributed by atoms with Gasteiger partial charge in [-0.05, 0) is 27.2 Å². The standard InChI is InChI=1S/C11H19NO4/c1-11(2,3)16-9(13)7-5-8(12-6-7)10(14)15-4/h7-8,12H,5-6H2,1-4H3. The van der Waals surface area contributed by atoms with Crippen LogP contribution in [0.4, 0.5) is 0 Å². The molecule has 0 aromatic rings. The second-order valence-electron chi connectivity index (χ2n) is 4.95. The van der Waals surface area contributed by atoms with E-state index in [-0.39, 0.29) is 23.9 Å². The van der Waals surface area contributed by atoms with Gasteiger partial charge in [-0.1, -0.05) is 0 Å². The predicted octanol–water partition coefficient (Wildman–Crippen LogP) is 0.479. The highest BCUT2D eigenvalue weighted by Crippen LogP contribution is 2.19. The van der Waals surface area contributed by atoms with Gasteiger partial charge in [-0.3, -0.25) is 9.59 Å². The average molecular weight is 229 g/mol. The highest BCUT2D eigenvalue weighted by Gasteiger charge is 2.36. The monoisotopic (exact) mass is 229 g/mol. The van der Waals surface area contributed by atoms with Crippen molar-refractivity contribution in [3.63, 3.8) is 0 Å². The van der Waals surface area contributed by atoms with E-state index in [1.54, 1.807) is 0 Å². The van der Waals surface area contributed by atoms with Crippen molar-refractivity contribution in [2.45, 2.75) is 38.8 Å². The maximum Gasteiger partial charge on any atom is 0.322 e. The summed E-state index contributed by atoms with van der Waals surface area (Å²) in [5, 5.41) is 2.95. The zero-order valence-corrected chi connectivity index (χ0v) is 10.2. The van der Waals surface area contributed by atoms with Crippen molar-refractivity contribution in [3.8, 4) is 0 Å². The number of hydrogen-bond acceptors (Lipinski definition) is 5. The molecule has 0 aromatic heterocycles. The Bertz CT molecular complexity index is 282. The molecule has 16 heavy (non-hydrogen) atoms. The normalized spacial score (nSPS) is 25.2. The number of methoxy groups -OCH3 is 1. The fourth-order valence-corrected chi connectivity index (χ4v) is 1.62. The van der Waals surface area contributed by atoms with Gasteiger partial charge >= 0.3 is 11.9 Å². The van der Waals surface area contributed by atoms with Gasteiger partial charge in [0.05, 0.1) is 13.0 Å². The third kappa shape index (κ3) is 3.48. The molecule has 0 saturated carbocycles. The van der Waals surface area contributed by atoms with Crippen LogP contribution in [0.1, 0.15) is 27.2 Å². The highest BCUT2D eigenvalue weighted by molar-refractivity contribution is 5.80. The Labute approximate surface area is 95.5 Å². The Morgan fingerprint density at radius 2 is 1.88 bits per heavy atom. The lowest BCUT2D eigenvalue weighted by Crippen LogP contribution is -2.31. The largest absolute Gasteiger partial charge is 0.468 e. The Morgan fingerprint density at radius 3 is 2.38 bits per heavy atom. The molecule has 5 heteroatoms. The molecule has 0 bridgehead atoms. The van der Waals surface area contributed by atoms with Gasteiger partial charge in [0, 0.05) is 6.54 Å². The van der Waals surface area contributed by atoms with Gasteiger partial charge in [0.1, 0.15) is 11.6 Å². The van der Waals surface area contributed by atoms with Crippen LogP contribution in [0, 0.1) is 5.92 Å². The molecule has 1 heterocycles. The van der Waals surface area contributed by atoms with Gasteiger partial charge in [0.15, 0.2) is 0 Å². The first-order valence-corrected chi connectivity index (χ1v) is 5.37. The van der Waals surface area contributed by atoms with E-state index in [9.17, 15) is 9.59 Å². The van der Waals surface area contributed by atoms with E-state index in [2.05, 4.69) is 10.1 Å². The summed E-state index contributed by atoms with van der Waals surface area (Å²) >= 11 is 0. The molecule has 5 nitrogen and oxygen atoms in total. The summed E-state index contributed by atoms with van der Waals surface area (Å²) in [6, 6.07) is -0.387. The van der Waals surface area contributed by atoms with E-state index in [0.29, 0.717) is 13.0 Å². The van der Waals surface area contributed by atoms with Gasteiger partial charge in [-0.2, -0.15) is 0 Å². The topological polar surface area (TPSA) is 64.6 Å². The van der Waals surface area contributed by atoms with Crippen molar-refractivity contribution in [2.24, 2.45) is 5.92 Å². The number of esters is 2. The summed E-state index contributed by atoms with van der Waals surface area (Å²) in [5.41, 5.74) is -0.486. The lowest BCUT2D eigenvalue weighted by molar-refractivity contribution is -0.159. The van der Waals surface area contributed by atoms with Crippen LogP contribution in [0.15, 0.2) is 0 Å². The molecule has 1 rings (SSSR count). The summed E-state index contributed by atoms with van der Waals surface area (Å²) in [7, 11) is 1.34. The van der Waals surface area contributed by atoms with Crippen molar-refractivity contribution in [1.29, 1.82) is 0 Å². The third-order valence-electron chi connectivity index (χ3n) is 2.36. The smallest absolute Gasteiger partial charge is 0.322 e. The fourth-order valence-electron chi connectivity index (χ4n) is 1.62. The lowest BCUT2D eigenvalue weighted by Gasteiger charge is -2.21. The maximum atomic E-state index is 11.7. The molecule has 92 valence electrons. The molecule has 0 amide bonds. The second kappa shape index (κ2) is 4.82. The first-order chi connectivity index (χ1) is 7.33.